The highest BCUT2D eigenvalue weighted by Gasteiger charge is 2.30. The van der Waals surface area contributed by atoms with Gasteiger partial charge in [0.2, 0.25) is 0 Å². The van der Waals surface area contributed by atoms with Gasteiger partial charge >= 0.3 is 0 Å². The molecule has 1 amide bonds. The number of ether oxygens (including phenoxy) is 2. The van der Waals surface area contributed by atoms with Crippen molar-refractivity contribution >= 4 is 5.91 Å². The van der Waals surface area contributed by atoms with Gasteiger partial charge in [-0.3, -0.25) is 9.78 Å². The molecule has 4 aromatic rings. The van der Waals surface area contributed by atoms with E-state index in [-0.39, 0.29) is 11.8 Å². The lowest BCUT2D eigenvalue weighted by molar-refractivity contribution is 0.0702. The molecule has 0 aliphatic carbocycles. The number of aryl methyl sites for hydroxylation is 1. The third kappa shape index (κ3) is 5.03. The first-order valence-corrected chi connectivity index (χ1v) is 12.4. The minimum absolute atomic E-state index is 0.0509. The second-order valence-corrected chi connectivity index (χ2v) is 9.20. The van der Waals surface area contributed by atoms with E-state index in [1.54, 1.807) is 44.8 Å². The minimum Gasteiger partial charge on any atom is -0.497 e. The zero-order valence-corrected chi connectivity index (χ0v) is 21.3. The molecule has 0 bridgehead atoms. The molecule has 1 aliphatic rings. The molecule has 7 nitrogen and oxygen atoms in total. The molecule has 1 aliphatic heterocycles. The van der Waals surface area contributed by atoms with Gasteiger partial charge in [-0.25, -0.2) is 9.97 Å². The van der Waals surface area contributed by atoms with E-state index in [9.17, 15) is 4.79 Å². The van der Waals surface area contributed by atoms with Crippen LogP contribution in [0.5, 0.6) is 11.5 Å². The van der Waals surface area contributed by atoms with Crippen molar-refractivity contribution in [2.75, 3.05) is 27.3 Å². The summed E-state index contributed by atoms with van der Waals surface area (Å²) in [5, 5.41) is 0. The number of likely N-dealkylation sites (tertiary alicyclic amines) is 1. The maximum Gasteiger partial charge on any atom is 0.257 e. The summed E-state index contributed by atoms with van der Waals surface area (Å²) in [5.41, 5.74) is 5.70. The fraction of sp³-hybridized carbons (Fsp3) is 0.267. The molecule has 2 aromatic carbocycles. The molecule has 0 saturated carbocycles. The topological polar surface area (TPSA) is 77.4 Å². The van der Waals surface area contributed by atoms with Gasteiger partial charge in [-0.05, 0) is 55.2 Å². The number of carbonyl (C=O) groups is 1. The van der Waals surface area contributed by atoms with Crippen LogP contribution in [0.4, 0.5) is 0 Å². The molecule has 188 valence electrons. The predicted octanol–water partition coefficient (Wildman–Crippen LogP) is 5.55. The number of hydrogen-bond acceptors (Lipinski definition) is 6. The van der Waals surface area contributed by atoms with E-state index in [0.29, 0.717) is 36.0 Å². The zero-order valence-electron chi connectivity index (χ0n) is 21.3. The van der Waals surface area contributed by atoms with Gasteiger partial charge in [0, 0.05) is 54.8 Å². The molecule has 3 heterocycles. The molecular weight excluding hydrogens is 464 g/mol. The Balaban J connectivity index is 1.52. The number of aromatic nitrogens is 3. The number of rotatable bonds is 6. The molecular formula is C30H30N4O3. The van der Waals surface area contributed by atoms with Crippen LogP contribution in [0.1, 0.15) is 40.4 Å². The Morgan fingerprint density at radius 1 is 1.00 bits per heavy atom. The molecule has 2 aromatic heterocycles. The first kappa shape index (κ1) is 24.4. The summed E-state index contributed by atoms with van der Waals surface area (Å²) in [7, 11) is 3.17. The number of piperidine rings is 1. The van der Waals surface area contributed by atoms with E-state index in [1.165, 1.54) is 0 Å². The van der Waals surface area contributed by atoms with E-state index < -0.39 is 0 Å². The number of hydrogen-bond donors (Lipinski definition) is 0. The Labute approximate surface area is 217 Å². The molecule has 5 rings (SSSR count). The van der Waals surface area contributed by atoms with E-state index in [4.69, 9.17) is 19.4 Å². The van der Waals surface area contributed by atoms with Gasteiger partial charge in [0.25, 0.3) is 5.91 Å². The van der Waals surface area contributed by atoms with Crippen LogP contribution >= 0.6 is 0 Å². The van der Waals surface area contributed by atoms with E-state index >= 15 is 0 Å². The molecule has 0 N–H and O–H groups in total. The van der Waals surface area contributed by atoms with Crippen molar-refractivity contribution < 1.29 is 14.3 Å². The lowest BCUT2D eigenvalue weighted by Crippen LogP contribution is -2.39. The Hall–Kier alpha value is -4.26. The Bertz CT molecular complexity index is 1410. The molecule has 1 saturated heterocycles. The number of benzene rings is 2. The van der Waals surface area contributed by atoms with Crippen molar-refractivity contribution in [2.24, 2.45) is 0 Å². The number of pyridine rings is 1. The summed E-state index contributed by atoms with van der Waals surface area (Å²) in [5.74, 6) is 1.84. The van der Waals surface area contributed by atoms with Crippen molar-refractivity contribution in [1.82, 2.24) is 19.9 Å². The van der Waals surface area contributed by atoms with Crippen LogP contribution in [-0.2, 0) is 0 Å². The van der Waals surface area contributed by atoms with E-state index in [2.05, 4.69) is 24.0 Å². The summed E-state index contributed by atoms with van der Waals surface area (Å²) < 4.78 is 10.8. The van der Waals surface area contributed by atoms with Crippen molar-refractivity contribution in [3.8, 4) is 34.0 Å². The van der Waals surface area contributed by atoms with Gasteiger partial charge in [-0.15, -0.1) is 0 Å². The van der Waals surface area contributed by atoms with Gasteiger partial charge < -0.3 is 14.4 Å². The minimum atomic E-state index is -0.0509. The van der Waals surface area contributed by atoms with Gasteiger partial charge in [0.05, 0.1) is 25.5 Å². The molecule has 1 atom stereocenters. The molecule has 0 radical (unpaired) electrons. The standard InChI is InChI=1S/C30H30N4O3/c1-20-7-4-5-9-24(20)26-18-32-29(21-12-14-31-15-13-21)33-28(26)22-8-6-16-34(19-22)30(35)25-11-10-23(36-2)17-27(25)37-3/h4-5,7,9-15,17-18,22H,6,8,16,19H2,1-3H3. The van der Waals surface area contributed by atoms with Gasteiger partial charge in [0.15, 0.2) is 5.82 Å². The average Bonchev–Trinajstić information content (AvgIpc) is 2.97. The lowest BCUT2D eigenvalue weighted by atomic mass is 9.88. The third-order valence-electron chi connectivity index (χ3n) is 6.93. The molecule has 37 heavy (non-hydrogen) atoms. The van der Waals surface area contributed by atoms with Gasteiger partial charge in [-0.1, -0.05) is 24.3 Å². The fourth-order valence-electron chi connectivity index (χ4n) is 4.96. The molecule has 7 heteroatoms. The van der Waals surface area contributed by atoms with Crippen LogP contribution in [0.2, 0.25) is 0 Å². The average molecular weight is 495 g/mol. The first-order chi connectivity index (χ1) is 18.1. The summed E-state index contributed by atoms with van der Waals surface area (Å²) in [4.78, 5) is 29.5. The normalized spacial score (nSPS) is 15.3. The second kappa shape index (κ2) is 10.8. The Morgan fingerprint density at radius 3 is 2.57 bits per heavy atom. The summed E-state index contributed by atoms with van der Waals surface area (Å²) in [6.45, 7) is 3.36. The quantitative estimate of drug-likeness (QED) is 0.350. The highest BCUT2D eigenvalue weighted by molar-refractivity contribution is 5.97. The van der Waals surface area contributed by atoms with Crippen molar-refractivity contribution in [2.45, 2.75) is 25.7 Å². The van der Waals surface area contributed by atoms with Crippen molar-refractivity contribution in [1.29, 1.82) is 0 Å². The van der Waals surface area contributed by atoms with Crippen molar-refractivity contribution in [3.05, 3.63) is 90.0 Å². The smallest absolute Gasteiger partial charge is 0.257 e. The summed E-state index contributed by atoms with van der Waals surface area (Å²) in [6, 6.07) is 17.4. The largest absolute Gasteiger partial charge is 0.497 e. The third-order valence-corrected chi connectivity index (χ3v) is 6.93. The predicted molar refractivity (Wildman–Crippen MR) is 143 cm³/mol. The molecule has 1 unspecified atom stereocenters. The Morgan fingerprint density at radius 2 is 1.81 bits per heavy atom. The van der Waals surface area contributed by atoms with Crippen LogP contribution in [-0.4, -0.2) is 53.1 Å². The van der Waals surface area contributed by atoms with E-state index in [0.717, 1.165) is 40.8 Å². The maximum absolute atomic E-state index is 13.6. The van der Waals surface area contributed by atoms with Crippen molar-refractivity contribution in [3.63, 3.8) is 0 Å². The SMILES string of the molecule is COc1ccc(C(=O)N2CCCC(c3nc(-c4ccncc4)ncc3-c3ccccc3C)C2)c(OC)c1. The van der Waals surface area contributed by atoms with Crippen LogP contribution < -0.4 is 9.47 Å². The summed E-state index contributed by atoms with van der Waals surface area (Å²) in [6.07, 6.45) is 7.24. The highest BCUT2D eigenvalue weighted by atomic mass is 16.5. The van der Waals surface area contributed by atoms with Crippen LogP contribution in [0, 0.1) is 6.92 Å². The number of methoxy groups -OCH3 is 2. The van der Waals surface area contributed by atoms with E-state index in [1.807, 2.05) is 35.4 Å². The number of carbonyl (C=O) groups excluding carboxylic acids is 1. The van der Waals surface area contributed by atoms with Crippen LogP contribution in [0.15, 0.2) is 73.2 Å². The number of nitrogens with zero attached hydrogens (tertiary/aromatic N) is 4. The maximum atomic E-state index is 13.6. The second-order valence-electron chi connectivity index (χ2n) is 9.20. The lowest BCUT2D eigenvalue weighted by Gasteiger charge is -2.34. The Kier molecular flexibility index (Phi) is 7.12. The molecule has 1 fully saturated rings. The highest BCUT2D eigenvalue weighted by Crippen LogP contribution is 2.36. The van der Waals surface area contributed by atoms with Gasteiger partial charge in [0.1, 0.15) is 11.5 Å². The fourth-order valence-corrected chi connectivity index (χ4v) is 4.96. The van der Waals surface area contributed by atoms with Crippen LogP contribution in [0.25, 0.3) is 22.5 Å². The summed E-state index contributed by atoms with van der Waals surface area (Å²) >= 11 is 0. The first-order valence-electron chi connectivity index (χ1n) is 12.4. The van der Waals surface area contributed by atoms with Gasteiger partial charge in [-0.2, -0.15) is 0 Å². The zero-order chi connectivity index (χ0) is 25.8. The monoisotopic (exact) mass is 494 g/mol. The van der Waals surface area contributed by atoms with Crippen LogP contribution in [0.3, 0.4) is 0 Å². The number of amides is 1. The molecule has 0 spiro atoms.